The molecule has 0 atom stereocenters. The summed E-state index contributed by atoms with van der Waals surface area (Å²) in [4.78, 5) is 13.3. The average Bonchev–Trinajstić information content (AvgIpc) is 3.16. The van der Waals surface area contributed by atoms with Crippen LogP contribution in [0.15, 0.2) is 51.8 Å². The first-order valence-electron chi connectivity index (χ1n) is 7.65. The van der Waals surface area contributed by atoms with Gasteiger partial charge in [0.15, 0.2) is 0 Å². The van der Waals surface area contributed by atoms with Crippen molar-refractivity contribution in [3.8, 4) is 23.0 Å². The van der Waals surface area contributed by atoms with Gasteiger partial charge in [0.25, 0.3) is 5.91 Å². The van der Waals surface area contributed by atoms with E-state index in [2.05, 4.69) is 15.5 Å². The zero-order valence-corrected chi connectivity index (χ0v) is 15.3. The molecule has 3 rings (SSSR count). The summed E-state index contributed by atoms with van der Waals surface area (Å²) in [5, 5.41) is 10.5. The molecular weight excluding hydrogens is 354 g/mol. The quantitative estimate of drug-likeness (QED) is 0.661. The Hall–Kier alpha value is -3.00. The summed E-state index contributed by atoms with van der Waals surface area (Å²) in [5.41, 5.74) is 1.14. The topological polar surface area (TPSA) is 86.5 Å². The Morgan fingerprint density at radius 1 is 1.08 bits per heavy atom. The number of benzene rings is 2. The Morgan fingerprint density at radius 2 is 1.81 bits per heavy atom. The van der Waals surface area contributed by atoms with Gasteiger partial charge in [0.2, 0.25) is 5.89 Å². The zero-order chi connectivity index (χ0) is 18.5. The molecule has 0 spiro atoms. The highest BCUT2D eigenvalue weighted by Crippen LogP contribution is 2.29. The molecule has 1 amide bonds. The zero-order valence-electron chi connectivity index (χ0n) is 14.5. The Labute approximate surface area is 154 Å². The fraction of sp³-hybridized carbons (Fsp3) is 0.167. The molecule has 7 nitrogen and oxygen atoms in total. The molecule has 0 aliphatic carbocycles. The molecule has 0 radical (unpaired) electrons. The van der Waals surface area contributed by atoms with Gasteiger partial charge in [0, 0.05) is 22.1 Å². The van der Waals surface area contributed by atoms with Crippen LogP contribution in [0.4, 0.5) is 6.01 Å². The van der Waals surface area contributed by atoms with Crippen molar-refractivity contribution in [2.75, 3.05) is 25.8 Å². The second-order valence-electron chi connectivity index (χ2n) is 5.20. The summed E-state index contributed by atoms with van der Waals surface area (Å²) in [6, 6.07) is 12.5. The number of thioether (sulfide) groups is 1. The Kier molecular flexibility index (Phi) is 5.43. The smallest absolute Gasteiger partial charge is 0.322 e. The number of carbonyl (C=O) groups excluding carboxylic acids is 1. The van der Waals surface area contributed by atoms with Crippen molar-refractivity contribution in [3.63, 3.8) is 0 Å². The minimum absolute atomic E-state index is 0.0151. The van der Waals surface area contributed by atoms with E-state index in [1.807, 2.05) is 18.4 Å². The van der Waals surface area contributed by atoms with Gasteiger partial charge in [-0.15, -0.1) is 16.9 Å². The largest absolute Gasteiger partial charge is 0.497 e. The van der Waals surface area contributed by atoms with E-state index in [-0.39, 0.29) is 17.8 Å². The molecule has 0 bridgehead atoms. The van der Waals surface area contributed by atoms with E-state index in [0.29, 0.717) is 22.6 Å². The summed E-state index contributed by atoms with van der Waals surface area (Å²) in [7, 11) is 3.11. The molecule has 0 aliphatic heterocycles. The van der Waals surface area contributed by atoms with E-state index in [9.17, 15) is 4.79 Å². The molecule has 1 heterocycles. The van der Waals surface area contributed by atoms with Gasteiger partial charge in [-0.2, -0.15) is 0 Å². The van der Waals surface area contributed by atoms with Crippen molar-refractivity contribution in [3.05, 3.63) is 48.0 Å². The number of carbonyl (C=O) groups is 1. The van der Waals surface area contributed by atoms with Crippen molar-refractivity contribution in [2.45, 2.75) is 4.90 Å². The van der Waals surface area contributed by atoms with Crippen LogP contribution in [-0.4, -0.2) is 36.6 Å². The molecule has 26 heavy (non-hydrogen) atoms. The van der Waals surface area contributed by atoms with E-state index in [0.717, 1.165) is 4.90 Å². The fourth-order valence-corrected chi connectivity index (χ4v) is 2.71. The van der Waals surface area contributed by atoms with Gasteiger partial charge in [-0.1, -0.05) is 11.2 Å². The Balaban J connectivity index is 1.80. The van der Waals surface area contributed by atoms with Crippen molar-refractivity contribution >= 4 is 23.7 Å². The minimum atomic E-state index is -0.320. The summed E-state index contributed by atoms with van der Waals surface area (Å²) < 4.78 is 16.0. The molecular formula is C18H17N3O4S. The third-order valence-corrected chi connectivity index (χ3v) is 4.30. The molecule has 1 aromatic heterocycles. The lowest BCUT2D eigenvalue weighted by molar-refractivity contribution is 0.102. The van der Waals surface area contributed by atoms with E-state index in [4.69, 9.17) is 13.9 Å². The third-order valence-electron chi connectivity index (χ3n) is 3.58. The van der Waals surface area contributed by atoms with Gasteiger partial charge < -0.3 is 13.9 Å². The van der Waals surface area contributed by atoms with Crippen LogP contribution in [-0.2, 0) is 0 Å². The first-order chi connectivity index (χ1) is 12.6. The second kappa shape index (κ2) is 7.92. The van der Waals surface area contributed by atoms with Gasteiger partial charge in [-0.05, 0) is 36.6 Å². The number of nitrogens with one attached hydrogen (secondary N) is 1. The van der Waals surface area contributed by atoms with Crippen LogP contribution in [0.25, 0.3) is 11.5 Å². The highest BCUT2D eigenvalue weighted by Gasteiger charge is 2.14. The molecule has 1 N–H and O–H groups in total. The summed E-state index contributed by atoms with van der Waals surface area (Å²) in [6.07, 6.45) is 1.95. The molecule has 8 heteroatoms. The number of ether oxygens (including phenoxy) is 2. The van der Waals surface area contributed by atoms with Crippen LogP contribution >= 0.6 is 11.8 Å². The van der Waals surface area contributed by atoms with E-state index in [1.165, 1.54) is 0 Å². The van der Waals surface area contributed by atoms with Crippen LogP contribution in [0.5, 0.6) is 11.5 Å². The lowest BCUT2D eigenvalue weighted by Gasteiger charge is -2.05. The van der Waals surface area contributed by atoms with Crippen molar-refractivity contribution in [2.24, 2.45) is 0 Å². The predicted octanol–water partition coefficient (Wildman–Crippen LogP) is 3.73. The second-order valence-corrected chi connectivity index (χ2v) is 6.08. The molecule has 134 valence electrons. The molecule has 3 aromatic rings. The normalized spacial score (nSPS) is 10.4. The number of amides is 1. The van der Waals surface area contributed by atoms with Crippen molar-refractivity contribution in [1.82, 2.24) is 10.2 Å². The molecule has 0 aliphatic rings. The standard InChI is InChI=1S/C18H17N3O4S/c1-23-13-7-12(8-14(10-13)24-2)17-20-21-18(25-17)19-16(22)11-5-4-6-15(9-11)26-3/h4-10H,1-3H3,(H,19,21,22). The summed E-state index contributed by atoms with van der Waals surface area (Å²) in [5.74, 6) is 1.11. The van der Waals surface area contributed by atoms with Gasteiger partial charge in [0.05, 0.1) is 14.2 Å². The number of hydrogen-bond acceptors (Lipinski definition) is 7. The summed E-state index contributed by atoms with van der Waals surface area (Å²) in [6.45, 7) is 0. The Bertz CT molecular complexity index is 904. The van der Waals surface area contributed by atoms with Crippen LogP contribution in [0.1, 0.15) is 10.4 Å². The number of methoxy groups -OCH3 is 2. The highest BCUT2D eigenvalue weighted by molar-refractivity contribution is 7.98. The van der Waals surface area contributed by atoms with Crippen LogP contribution in [0.2, 0.25) is 0 Å². The first-order valence-corrected chi connectivity index (χ1v) is 8.87. The molecule has 2 aromatic carbocycles. The van der Waals surface area contributed by atoms with Gasteiger partial charge in [-0.25, -0.2) is 0 Å². The number of rotatable bonds is 6. The number of aromatic nitrogens is 2. The van der Waals surface area contributed by atoms with Crippen LogP contribution in [0, 0.1) is 0 Å². The highest BCUT2D eigenvalue weighted by atomic mass is 32.2. The van der Waals surface area contributed by atoms with Crippen molar-refractivity contribution < 1.29 is 18.7 Å². The molecule has 0 unspecified atom stereocenters. The molecule has 0 fully saturated rings. The van der Waals surface area contributed by atoms with Crippen LogP contribution in [0.3, 0.4) is 0 Å². The maximum absolute atomic E-state index is 12.3. The number of anilines is 1. The summed E-state index contributed by atoms with van der Waals surface area (Å²) >= 11 is 1.56. The SMILES string of the molecule is COc1cc(OC)cc(-c2nnc(NC(=O)c3cccc(SC)c3)o2)c1. The van der Waals surface area contributed by atoms with Crippen LogP contribution < -0.4 is 14.8 Å². The number of hydrogen-bond donors (Lipinski definition) is 1. The molecule has 0 saturated heterocycles. The lowest BCUT2D eigenvalue weighted by Crippen LogP contribution is -2.12. The minimum Gasteiger partial charge on any atom is -0.497 e. The third kappa shape index (κ3) is 3.97. The maximum Gasteiger partial charge on any atom is 0.322 e. The fourth-order valence-electron chi connectivity index (χ4n) is 2.25. The first kappa shape index (κ1) is 17.8. The van der Waals surface area contributed by atoms with Crippen molar-refractivity contribution in [1.29, 1.82) is 0 Å². The van der Waals surface area contributed by atoms with E-state index < -0.39 is 0 Å². The van der Waals surface area contributed by atoms with E-state index in [1.54, 1.807) is 56.3 Å². The predicted molar refractivity (Wildman–Crippen MR) is 99.0 cm³/mol. The maximum atomic E-state index is 12.3. The average molecular weight is 371 g/mol. The van der Waals surface area contributed by atoms with Gasteiger partial charge in [0.1, 0.15) is 11.5 Å². The molecule has 0 saturated carbocycles. The van der Waals surface area contributed by atoms with Gasteiger partial charge >= 0.3 is 6.01 Å². The van der Waals surface area contributed by atoms with E-state index >= 15 is 0 Å². The number of nitrogens with zero attached hydrogens (tertiary/aromatic N) is 2. The monoisotopic (exact) mass is 371 g/mol. The Morgan fingerprint density at radius 3 is 2.46 bits per heavy atom. The lowest BCUT2D eigenvalue weighted by atomic mass is 10.2. The van der Waals surface area contributed by atoms with Gasteiger partial charge in [-0.3, -0.25) is 10.1 Å².